The van der Waals surface area contributed by atoms with Crippen LogP contribution in [0.3, 0.4) is 0 Å². The van der Waals surface area contributed by atoms with Crippen molar-refractivity contribution in [3.05, 3.63) is 39.9 Å². The fourth-order valence-corrected chi connectivity index (χ4v) is 2.10. The van der Waals surface area contributed by atoms with Crippen LogP contribution in [0.25, 0.3) is 10.9 Å². The van der Waals surface area contributed by atoms with E-state index in [2.05, 4.69) is 30.2 Å². The number of hydrogen-bond acceptors (Lipinski definition) is 6. The molecule has 0 aliphatic heterocycles. The van der Waals surface area contributed by atoms with Gasteiger partial charge in [0.2, 0.25) is 0 Å². The number of fused-ring (bicyclic) bond motifs is 1. The molecule has 2 rings (SSSR count). The number of nitriles is 1. The number of rotatable bonds is 5. The average Bonchev–Trinajstić information content (AvgIpc) is 2.51. The third kappa shape index (κ3) is 3.46. The summed E-state index contributed by atoms with van der Waals surface area (Å²) < 4.78 is 0.0406. The van der Waals surface area contributed by atoms with Gasteiger partial charge in [0.1, 0.15) is 5.82 Å². The summed E-state index contributed by atoms with van der Waals surface area (Å²) in [5.74, 6) is 0.597. The van der Waals surface area contributed by atoms with Crippen LogP contribution >= 0.6 is 11.8 Å². The molecule has 0 radical (unpaired) electrons. The minimum absolute atomic E-state index is 0.0406. The number of hydrogen-bond donors (Lipinski definition) is 1. The largest absolute Gasteiger partial charge is 0.369 e. The van der Waals surface area contributed by atoms with Gasteiger partial charge in [-0.1, -0.05) is 0 Å². The summed E-state index contributed by atoms with van der Waals surface area (Å²) in [6.07, 6.45) is 2.04. The van der Waals surface area contributed by atoms with Crippen molar-refractivity contribution < 1.29 is 4.92 Å². The number of non-ortho nitro benzene ring substituents is 1. The lowest BCUT2D eigenvalue weighted by molar-refractivity contribution is -0.384. The van der Waals surface area contributed by atoms with Crippen LogP contribution in [0, 0.1) is 21.4 Å². The van der Waals surface area contributed by atoms with E-state index in [9.17, 15) is 15.4 Å². The predicted molar refractivity (Wildman–Crippen MR) is 89.2 cm³/mol. The van der Waals surface area contributed by atoms with E-state index in [1.165, 1.54) is 12.1 Å². The predicted octanol–water partition coefficient (Wildman–Crippen LogP) is 3.57. The Morgan fingerprint density at radius 1 is 1.45 bits per heavy atom. The van der Waals surface area contributed by atoms with Crippen molar-refractivity contribution in [2.24, 2.45) is 0 Å². The number of anilines is 1. The molecule has 0 fully saturated rings. The second-order valence-electron chi connectivity index (χ2n) is 5.44. The molecule has 2 aromatic rings. The zero-order chi connectivity index (χ0) is 16.3. The summed E-state index contributed by atoms with van der Waals surface area (Å²) in [4.78, 5) is 14.8. The van der Waals surface area contributed by atoms with E-state index < -0.39 is 4.92 Å². The number of nitrogens with zero attached hydrogens (tertiary/aromatic N) is 3. The maximum atomic E-state index is 10.8. The number of nitrogens with one attached hydrogen (secondary N) is 1. The van der Waals surface area contributed by atoms with Crippen molar-refractivity contribution in [3.8, 4) is 6.07 Å². The molecule has 7 heteroatoms. The van der Waals surface area contributed by atoms with Gasteiger partial charge in [-0.2, -0.15) is 17.0 Å². The van der Waals surface area contributed by atoms with E-state index in [1.807, 2.05) is 6.26 Å². The first-order chi connectivity index (χ1) is 10.4. The van der Waals surface area contributed by atoms with E-state index in [1.54, 1.807) is 23.9 Å². The first-order valence-electron chi connectivity index (χ1n) is 6.64. The standard InChI is InChI=1S/C15H16N4O2S/c1-15(2,22-3)9-17-14-6-10(8-16)12-7-11(19(20)21)4-5-13(12)18-14/h4-7H,9H2,1-3H3,(H,17,18). The van der Waals surface area contributed by atoms with Crippen molar-refractivity contribution in [1.29, 1.82) is 5.26 Å². The lowest BCUT2D eigenvalue weighted by Gasteiger charge is -2.22. The van der Waals surface area contributed by atoms with Crippen LogP contribution in [-0.4, -0.2) is 27.5 Å². The van der Waals surface area contributed by atoms with Crippen LogP contribution in [0.15, 0.2) is 24.3 Å². The van der Waals surface area contributed by atoms with Crippen molar-refractivity contribution >= 4 is 34.2 Å². The van der Waals surface area contributed by atoms with E-state index in [4.69, 9.17) is 0 Å². The molecule has 1 aromatic carbocycles. The highest BCUT2D eigenvalue weighted by atomic mass is 32.2. The highest BCUT2D eigenvalue weighted by molar-refractivity contribution is 7.99. The zero-order valence-electron chi connectivity index (χ0n) is 12.6. The monoisotopic (exact) mass is 316 g/mol. The maximum Gasteiger partial charge on any atom is 0.270 e. The van der Waals surface area contributed by atoms with Gasteiger partial charge in [-0.3, -0.25) is 10.1 Å². The molecule has 6 nitrogen and oxygen atoms in total. The fourth-order valence-electron chi connectivity index (χ4n) is 1.89. The van der Waals surface area contributed by atoms with Gasteiger partial charge in [0.25, 0.3) is 5.69 Å². The molecule has 0 atom stereocenters. The van der Waals surface area contributed by atoms with Gasteiger partial charge in [0.05, 0.1) is 22.1 Å². The molecular weight excluding hydrogens is 300 g/mol. The Hall–Kier alpha value is -2.33. The van der Waals surface area contributed by atoms with Crippen LogP contribution in [0.1, 0.15) is 19.4 Å². The first kappa shape index (κ1) is 16.0. The molecule has 0 aliphatic carbocycles. The van der Waals surface area contributed by atoms with Crippen LogP contribution in [-0.2, 0) is 0 Å². The molecule has 0 aliphatic rings. The van der Waals surface area contributed by atoms with Gasteiger partial charge in [0.15, 0.2) is 0 Å². The maximum absolute atomic E-state index is 10.8. The second-order valence-corrected chi connectivity index (χ2v) is 6.96. The van der Waals surface area contributed by atoms with Crippen LogP contribution in [0.5, 0.6) is 0 Å². The highest BCUT2D eigenvalue weighted by Crippen LogP contribution is 2.26. The normalized spacial score (nSPS) is 11.2. The number of nitro groups is 1. The Bertz CT molecular complexity index is 768. The quantitative estimate of drug-likeness (QED) is 0.669. The molecule has 22 heavy (non-hydrogen) atoms. The molecule has 114 valence electrons. The number of benzene rings is 1. The lowest BCUT2D eigenvalue weighted by atomic mass is 10.1. The van der Waals surface area contributed by atoms with Crippen molar-refractivity contribution in [2.75, 3.05) is 18.1 Å². The third-order valence-corrected chi connectivity index (χ3v) is 4.62. The highest BCUT2D eigenvalue weighted by Gasteiger charge is 2.17. The second kappa shape index (κ2) is 6.20. The zero-order valence-corrected chi connectivity index (χ0v) is 13.4. The number of aromatic nitrogens is 1. The van der Waals surface area contributed by atoms with Crippen LogP contribution < -0.4 is 5.32 Å². The van der Waals surface area contributed by atoms with Gasteiger partial charge in [0, 0.05) is 28.8 Å². The molecule has 0 amide bonds. The number of nitro benzene ring substituents is 1. The third-order valence-electron chi connectivity index (χ3n) is 3.37. The molecule has 0 unspecified atom stereocenters. The average molecular weight is 316 g/mol. The molecule has 0 spiro atoms. The smallest absolute Gasteiger partial charge is 0.270 e. The minimum atomic E-state index is -0.478. The van der Waals surface area contributed by atoms with Gasteiger partial charge in [-0.25, -0.2) is 4.98 Å². The van der Waals surface area contributed by atoms with Crippen LogP contribution in [0.2, 0.25) is 0 Å². The van der Waals surface area contributed by atoms with Gasteiger partial charge in [-0.05, 0) is 32.2 Å². The van der Waals surface area contributed by atoms with Gasteiger partial charge in [-0.15, -0.1) is 0 Å². The lowest BCUT2D eigenvalue weighted by Crippen LogP contribution is -2.26. The van der Waals surface area contributed by atoms with E-state index in [0.29, 0.717) is 28.8 Å². The Labute approximate surface area is 132 Å². The number of thioether (sulfide) groups is 1. The summed E-state index contributed by atoms with van der Waals surface area (Å²) >= 11 is 1.73. The Morgan fingerprint density at radius 2 is 2.18 bits per heavy atom. The molecular formula is C15H16N4O2S. The van der Waals surface area contributed by atoms with E-state index in [0.717, 1.165) is 0 Å². The Balaban J connectivity index is 2.42. The number of pyridine rings is 1. The first-order valence-corrected chi connectivity index (χ1v) is 7.87. The Morgan fingerprint density at radius 3 is 2.77 bits per heavy atom. The SMILES string of the molecule is CSC(C)(C)CNc1cc(C#N)c2cc([N+](=O)[O-])ccc2n1. The summed E-state index contributed by atoms with van der Waals surface area (Å²) in [7, 11) is 0. The molecule has 0 saturated heterocycles. The Kier molecular flexibility index (Phi) is 4.52. The van der Waals surface area contributed by atoms with Crippen molar-refractivity contribution in [1.82, 2.24) is 4.98 Å². The molecule has 1 N–H and O–H groups in total. The molecule has 1 aromatic heterocycles. The molecule has 0 bridgehead atoms. The fraction of sp³-hybridized carbons (Fsp3) is 0.333. The topological polar surface area (TPSA) is 91.8 Å². The summed E-state index contributed by atoms with van der Waals surface area (Å²) in [6, 6.07) is 8.06. The summed E-state index contributed by atoms with van der Waals surface area (Å²) in [5, 5.41) is 23.8. The van der Waals surface area contributed by atoms with Crippen molar-refractivity contribution in [3.63, 3.8) is 0 Å². The van der Waals surface area contributed by atoms with Gasteiger partial charge >= 0.3 is 0 Å². The van der Waals surface area contributed by atoms with Crippen molar-refractivity contribution in [2.45, 2.75) is 18.6 Å². The van der Waals surface area contributed by atoms with Crippen LogP contribution in [0.4, 0.5) is 11.5 Å². The minimum Gasteiger partial charge on any atom is -0.369 e. The molecule has 0 saturated carbocycles. The summed E-state index contributed by atoms with van der Waals surface area (Å²) in [6.45, 7) is 4.92. The van der Waals surface area contributed by atoms with Gasteiger partial charge < -0.3 is 5.32 Å². The van der Waals surface area contributed by atoms with E-state index >= 15 is 0 Å². The molecule has 1 heterocycles. The van der Waals surface area contributed by atoms with E-state index in [-0.39, 0.29) is 10.4 Å². The summed E-state index contributed by atoms with van der Waals surface area (Å²) in [5.41, 5.74) is 0.891.